The van der Waals surface area contributed by atoms with Gasteiger partial charge in [-0.15, -0.1) is 0 Å². The first kappa shape index (κ1) is 75.3. The fourth-order valence-corrected chi connectivity index (χ4v) is 11.1. The van der Waals surface area contributed by atoms with E-state index in [2.05, 4.69) is 43.5 Å². The van der Waals surface area contributed by atoms with Crippen LogP contribution in [-0.4, -0.2) is 47.4 Å². The van der Waals surface area contributed by atoms with Gasteiger partial charge >= 0.3 is 5.97 Å². The van der Waals surface area contributed by atoms with Gasteiger partial charge in [-0.3, -0.25) is 9.59 Å². The zero-order valence-electron chi connectivity index (χ0n) is 52.2. The Morgan fingerprint density at radius 2 is 0.649 bits per heavy atom. The molecular formula is C71H137NO5. The summed E-state index contributed by atoms with van der Waals surface area (Å²) in [6.07, 6.45) is 83.5. The highest BCUT2D eigenvalue weighted by Crippen LogP contribution is 2.19. The van der Waals surface area contributed by atoms with Crippen molar-refractivity contribution in [1.82, 2.24) is 5.32 Å². The summed E-state index contributed by atoms with van der Waals surface area (Å²) >= 11 is 0. The molecule has 456 valence electrons. The quantitative estimate of drug-likeness (QED) is 0.0320. The number of rotatable bonds is 66. The number of amides is 1. The Bertz CT molecular complexity index is 1200. The molecule has 0 bridgehead atoms. The van der Waals surface area contributed by atoms with Gasteiger partial charge in [0.1, 0.15) is 0 Å². The molecule has 3 N–H and O–H groups in total. The number of carbonyl (C=O) groups excluding carboxylic acids is 2. The van der Waals surface area contributed by atoms with Gasteiger partial charge in [-0.1, -0.05) is 346 Å². The van der Waals surface area contributed by atoms with E-state index in [-0.39, 0.29) is 18.5 Å². The molecule has 2 unspecified atom stereocenters. The second-order valence-electron chi connectivity index (χ2n) is 24.2. The van der Waals surface area contributed by atoms with Crippen molar-refractivity contribution in [3.05, 3.63) is 24.3 Å². The Morgan fingerprint density at radius 1 is 0.364 bits per heavy atom. The van der Waals surface area contributed by atoms with E-state index in [1.165, 1.54) is 308 Å². The SMILES string of the molecule is CCCCCC/C=C\C/C=C\CCCCCCCCCC(=O)OCCCCCCCCCCCCCCCCCCCCCCC(=O)NC(CO)C(O)CCCCCCCCCCCCCCCCCCCCCCCC. The molecule has 0 saturated heterocycles. The maximum atomic E-state index is 12.5. The van der Waals surface area contributed by atoms with Crippen molar-refractivity contribution in [2.45, 2.75) is 405 Å². The Balaban J connectivity index is 3.39. The first-order valence-corrected chi connectivity index (χ1v) is 35.1. The van der Waals surface area contributed by atoms with Crippen LogP contribution in [0.1, 0.15) is 393 Å². The average Bonchev–Trinajstić information content (AvgIpc) is 3.43. The molecule has 0 heterocycles. The van der Waals surface area contributed by atoms with Gasteiger partial charge in [0, 0.05) is 12.8 Å². The predicted molar refractivity (Wildman–Crippen MR) is 338 cm³/mol. The van der Waals surface area contributed by atoms with Gasteiger partial charge in [-0.05, 0) is 57.8 Å². The standard InChI is InChI=1S/C71H137NO5/c1-3-5-7-9-11-13-15-17-19-21-23-24-25-28-31-35-39-43-47-51-55-59-63-69(74)68(67-73)72-70(75)64-60-56-52-48-44-40-36-32-29-26-27-30-34-38-42-46-50-54-58-62-66-77-71(76)65-61-57-53-49-45-41-37-33-22-20-18-16-14-12-10-8-6-4-2/h14,16,20,22,68-69,73-74H,3-13,15,17-19,21,23-67H2,1-2H3,(H,72,75)/b16-14-,22-20-. The Hall–Kier alpha value is -1.66. The highest BCUT2D eigenvalue weighted by molar-refractivity contribution is 5.76. The van der Waals surface area contributed by atoms with Crippen molar-refractivity contribution in [2.75, 3.05) is 13.2 Å². The zero-order chi connectivity index (χ0) is 55.7. The summed E-state index contributed by atoms with van der Waals surface area (Å²) < 4.78 is 5.50. The van der Waals surface area contributed by atoms with Crippen LogP contribution in [0.5, 0.6) is 0 Å². The molecule has 0 saturated carbocycles. The number of nitrogens with one attached hydrogen (secondary N) is 1. The molecule has 1 amide bonds. The third-order valence-electron chi connectivity index (χ3n) is 16.5. The molecule has 77 heavy (non-hydrogen) atoms. The van der Waals surface area contributed by atoms with Crippen molar-refractivity contribution < 1.29 is 24.5 Å². The summed E-state index contributed by atoms with van der Waals surface area (Å²) in [7, 11) is 0. The number of allylic oxidation sites excluding steroid dienone is 4. The average molecular weight is 1080 g/mol. The van der Waals surface area contributed by atoms with E-state index in [1.54, 1.807) is 0 Å². The number of ether oxygens (including phenoxy) is 1. The monoisotopic (exact) mass is 1080 g/mol. The van der Waals surface area contributed by atoms with Crippen molar-refractivity contribution in [3.63, 3.8) is 0 Å². The van der Waals surface area contributed by atoms with E-state index in [1.807, 2.05) is 0 Å². The maximum absolute atomic E-state index is 12.5. The van der Waals surface area contributed by atoms with Crippen molar-refractivity contribution in [3.8, 4) is 0 Å². The minimum Gasteiger partial charge on any atom is -0.466 e. The van der Waals surface area contributed by atoms with E-state index in [0.717, 1.165) is 51.4 Å². The van der Waals surface area contributed by atoms with Crippen LogP contribution in [-0.2, 0) is 14.3 Å². The lowest BCUT2D eigenvalue weighted by molar-refractivity contribution is -0.143. The van der Waals surface area contributed by atoms with Crippen LogP contribution in [0, 0.1) is 0 Å². The fourth-order valence-electron chi connectivity index (χ4n) is 11.1. The molecule has 0 aliphatic carbocycles. The van der Waals surface area contributed by atoms with Crippen molar-refractivity contribution >= 4 is 11.9 Å². The molecule has 2 atom stereocenters. The normalized spacial score (nSPS) is 12.6. The van der Waals surface area contributed by atoms with E-state index < -0.39 is 12.1 Å². The van der Waals surface area contributed by atoms with Crippen LogP contribution in [0.2, 0.25) is 0 Å². The smallest absolute Gasteiger partial charge is 0.305 e. The zero-order valence-corrected chi connectivity index (χ0v) is 52.2. The Morgan fingerprint density at radius 3 is 1.00 bits per heavy atom. The van der Waals surface area contributed by atoms with Crippen molar-refractivity contribution in [2.24, 2.45) is 0 Å². The van der Waals surface area contributed by atoms with Crippen molar-refractivity contribution in [1.29, 1.82) is 0 Å². The number of hydrogen-bond donors (Lipinski definition) is 3. The highest BCUT2D eigenvalue weighted by atomic mass is 16.5. The molecule has 0 aromatic heterocycles. The minimum atomic E-state index is -0.667. The predicted octanol–water partition coefficient (Wildman–Crippen LogP) is 22.5. The Labute approximate surface area is 481 Å². The number of aliphatic hydroxyl groups excluding tert-OH is 2. The Kier molecular flexibility index (Phi) is 65.4. The van der Waals surface area contributed by atoms with Crippen LogP contribution < -0.4 is 5.32 Å². The first-order chi connectivity index (χ1) is 38.0. The second-order valence-corrected chi connectivity index (χ2v) is 24.2. The van der Waals surface area contributed by atoms with E-state index in [4.69, 9.17) is 4.74 Å². The second kappa shape index (κ2) is 66.8. The van der Waals surface area contributed by atoms with Gasteiger partial charge in [-0.2, -0.15) is 0 Å². The lowest BCUT2D eigenvalue weighted by atomic mass is 10.0. The van der Waals surface area contributed by atoms with Crippen LogP contribution in [0.4, 0.5) is 0 Å². The van der Waals surface area contributed by atoms with Crippen LogP contribution in [0.15, 0.2) is 24.3 Å². The first-order valence-electron chi connectivity index (χ1n) is 35.1. The highest BCUT2D eigenvalue weighted by Gasteiger charge is 2.20. The van der Waals surface area contributed by atoms with Gasteiger partial charge in [0.2, 0.25) is 5.91 Å². The molecular weight excluding hydrogens is 947 g/mol. The fraction of sp³-hybridized carbons (Fsp3) is 0.915. The van der Waals surface area contributed by atoms with Gasteiger partial charge in [0.15, 0.2) is 0 Å². The van der Waals surface area contributed by atoms with Gasteiger partial charge in [-0.25, -0.2) is 0 Å². The molecule has 0 aromatic carbocycles. The molecule has 0 spiro atoms. The van der Waals surface area contributed by atoms with Gasteiger partial charge in [0.25, 0.3) is 0 Å². The summed E-state index contributed by atoms with van der Waals surface area (Å²) in [5.41, 5.74) is 0. The summed E-state index contributed by atoms with van der Waals surface area (Å²) in [5.74, 6) is -0.0281. The van der Waals surface area contributed by atoms with E-state index in [0.29, 0.717) is 25.9 Å². The molecule has 0 aromatic rings. The molecule has 0 fully saturated rings. The summed E-state index contributed by atoms with van der Waals surface area (Å²) in [6, 6.07) is -0.544. The lowest BCUT2D eigenvalue weighted by Crippen LogP contribution is -2.45. The van der Waals surface area contributed by atoms with Crippen LogP contribution >= 0.6 is 0 Å². The van der Waals surface area contributed by atoms with Crippen LogP contribution in [0.3, 0.4) is 0 Å². The maximum Gasteiger partial charge on any atom is 0.305 e. The number of carbonyl (C=O) groups is 2. The molecule has 0 rings (SSSR count). The number of hydrogen-bond acceptors (Lipinski definition) is 5. The molecule has 0 aliphatic rings. The van der Waals surface area contributed by atoms with Gasteiger partial charge in [0.05, 0.1) is 25.4 Å². The number of unbranched alkanes of at least 4 members (excludes halogenated alkanes) is 51. The molecule has 6 nitrogen and oxygen atoms in total. The summed E-state index contributed by atoms with van der Waals surface area (Å²) in [5, 5.41) is 23.4. The van der Waals surface area contributed by atoms with Crippen LogP contribution in [0.25, 0.3) is 0 Å². The third-order valence-corrected chi connectivity index (χ3v) is 16.5. The third kappa shape index (κ3) is 63.4. The summed E-state index contributed by atoms with van der Waals surface area (Å²) in [6.45, 7) is 4.97. The minimum absolute atomic E-state index is 0.00440. The summed E-state index contributed by atoms with van der Waals surface area (Å²) in [4.78, 5) is 24.7. The lowest BCUT2D eigenvalue weighted by Gasteiger charge is -2.22. The number of esters is 1. The molecule has 0 radical (unpaired) electrons. The topological polar surface area (TPSA) is 95.9 Å². The largest absolute Gasteiger partial charge is 0.466 e. The van der Waals surface area contributed by atoms with E-state index in [9.17, 15) is 19.8 Å². The molecule has 6 heteroatoms. The molecule has 0 aliphatic heterocycles. The van der Waals surface area contributed by atoms with E-state index >= 15 is 0 Å². The number of aliphatic hydroxyl groups is 2. The van der Waals surface area contributed by atoms with Gasteiger partial charge < -0.3 is 20.3 Å².